The molecular weight excluding hydrogens is 629 g/mol. The van der Waals surface area contributed by atoms with Gasteiger partial charge in [-0.05, 0) is 97.5 Å². The molecular formula is C47H72O4. The molecule has 4 atom stereocenters. The average Bonchev–Trinajstić information content (AvgIpc) is 3.77. The zero-order valence-electron chi connectivity index (χ0n) is 35.2. The van der Waals surface area contributed by atoms with Gasteiger partial charge in [0.15, 0.2) is 0 Å². The first-order valence-corrected chi connectivity index (χ1v) is 19.1. The number of carbonyl (C=O) groups excluding carboxylic acids is 2. The maximum Gasteiger partial charge on any atom is 0.330 e. The van der Waals surface area contributed by atoms with Crippen LogP contribution in [0.3, 0.4) is 0 Å². The van der Waals surface area contributed by atoms with Gasteiger partial charge in [0.25, 0.3) is 0 Å². The van der Waals surface area contributed by atoms with E-state index in [0.717, 1.165) is 12.8 Å². The molecule has 0 radical (unpaired) electrons. The molecule has 0 heterocycles. The molecule has 0 aromatic heterocycles. The fourth-order valence-electron chi connectivity index (χ4n) is 8.76. The minimum Gasteiger partial charge on any atom is -0.458 e. The highest BCUT2D eigenvalue weighted by Crippen LogP contribution is 2.77. The van der Waals surface area contributed by atoms with Crippen molar-refractivity contribution < 1.29 is 19.1 Å². The quantitative estimate of drug-likeness (QED) is 0.0922. The lowest BCUT2D eigenvalue weighted by molar-refractivity contribution is -0.137. The number of benzene rings is 1. The minimum absolute atomic E-state index is 0.0285. The second kappa shape index (κ2) is 14.2. The summed E-state index contributed by atoms with van der Waals surface area (Å²) in [7, 11) is 0. The molecule has 3 rings (SSSR count). The molecule has 2 aliphatic carbocycles. The van der Waals surface area contributed by atoms with E-state index in [4.69, 9.17) is 9.47 Å². The topological polar surface area (TPSA) is 52.6 Å². The van der Waals surface area contributed by atoms with Crippen LogP contribution in [0.1, 0.15) is 153 Å². The zero-order valence-corrected chi connectivity index (χ0v) is 35.2. The molecule has 0 spiro atoms. The van der Waals surface area contributed by atoms with Gasteiger partial charge >= 0.3 is 11.9 Å². The van der Waals surface area contributed by atoms with E-state index in [9.17, 15) is 9.59 Å². The summed E-state index contributed by atoms with van der Waals surface area (Å²) >= 11 is 0. The Morgan fingerprint density at radius 3 is 1.75 bits per heavy atom. The molecule has 51 heavy (non-hydrogen) atoms. The molecule has 0 aliphatic heterocycles. The standard InChI is InChI=1S/C47H72O4/c1-18-37(48)50-25-21-20-24-44(14)31-45(44,15)32-46(16)33-47(46,17)36-28-34(39(3,4)5)27-35(29-36)43(12,13)42(10,11)30-41(8,9)40(6,7)23-22-26-51-38(49)19-2/h18-23,27-29H,1-2,24-26,30-33H2,3-17H3. The van der Waals surface area contributed by atoms with Gasteiger partial charge in [0.05, 0.1) is 0 Å². The highest BCUT2D eigenvalue weighted by Gasteiger charge is 2.69. The highest BCUT2D eigenvalue weighted by molar-refractivity contribution is 5.81. The zero-order chi connectivity index (χ0) is 39.1. The van der Waals surface area contributed by atoms with Crippen molar-refractivity contribution in [3.05, 3.63) is 84.5 Å². The number of ether oxygens (including phenoxy) is 2. The summed E-state index contributed by atoms with van der Waals surface area (Å²) in [6.45, 7) is 43.6. The first-order chi connectivity index (χ1) is 23.1. The van der Waals surface area contributed by atoms with Crippen molar-refractivity contribution in [1.82, 2.24) is 0 Å². The van der Waals surface area contributed by atoms with E-state index < -0.39 is 5.97 Å². The number of hydrogen-bond acceptors (Lipinski definition) is 4. The normalized spacial score (nSPS) is 27.0. The van der Waals surface area contributed by atoms with E-state index in [1.54, 1.807) is 0 Å². The lowest BCUT2D eigenvalue weighted by Gasteiger charge is -2.51. The molecule has 0 amide bonds. The first kappa shape index (κ1) is 42.5. The molecule has 2 fully saturated rings. The molecule has 0 bridgehead atoms. The van der Waals surface area contributed by atoms with Crippen LogP contribution >= 0.6 is 0 Å². The van der Waals surface area contributed by atoms with Gasteiger partial charge in [-0.15, -0.1) is 0 Å². The molecule has 1 aromatic carbocycles. The lowest BCUT2D eigenvalue weighted by atomic mass is 9.54. The third-order valence-corrected chi connectivity index (χ3v) is 14.6. The summed E-state index contributed by atoms with van der Waals surface area (Å²) in [4.78, 5) is 22.9. The van der Waals surface area contributed by atoms with Crippen LogP contribution in [0.2, 0.25) is 0 Å². The third kappa shape index (κ3) is 8.85. The second-order valence-corrected chi connectivity index (χ2v) is 20.6. The van der Waals surface area contributed by atoms with Gasteiger partial charge in [-0.1, -0.05) is 160 Å². The highest BCUT2D eigenvalue weighted by atomic mass is 16.5. The maximum absolute atomic E-state index is 11.6. The molecule has 4 nitrogen and oxygen atoms in total. The summed E-state index contributed by atoms with van der Waals surface area (Å²) in [6.07, 6.45) is 16.4. The molecule has 4 unspecified atom stereocenters. The molecule has 4 heteroatoms. The van der Waals surface area contributed by atoms with Crippen molar-refractivity contribution in [3.63, 3.8) is 0 Å². The van der Waals surface area contributed by atoms with Crippen molar-refractivity contribution in [2.45, 2.75) is 152 Å². The number of allylic oxidation sites excluding steroid dienone is 2. The van der Waals surface area contributed by atoms with Crippen molar-refractivity contribution in [2.75, 3.05) is 13.2 Å². The van der Waals surface area contributed by atoms with Crippen LogP contribution in [-0.2, 0) is 35.3 Å². The Balaban J connectivity index is 1.88. The number of carbonyl (C=O) groups is 2. The Labute approximate surface area is 312 Å². The SMILES string of the molecule is C=CC(=O)OCC=CCC1(C)CC1(C)CC1(C)CC1(C)c1cc(C(C)(C)C)cc(C(C)(C)C(C)(C)CC(C)(C)C(C)(C)C=CCOC(=O)C=C)c1. The molecule has 0 N–H and O–H groups in total. The summed E-state index contributed by atoms with van der Waals surface area (Å²) in [5.74, 6) is -0.775. The Morgan fingerprint density at radius 1 is 0.686 bits per heavy atom. The van der Waals surface area contributed by atoms with Gasteiger partial charge in [0.1, 0.15) is 13.2 Å². The van der Waals surface area contributed by atoms with Crippen LogP contribution in [0.15, 0.2) is 67.8 Å². The van der Waals surface area contributed by atoms with Crippen molar-refractivity contribution >= 4 is 11.9 Å². The van der Waals surface area contributed by atoms with Crippen molar-refractivity contribution in [3.8, 4) is 0 Å². The van der Waals surface area contributed by atoms with Gasteiger partial charge in [-0.3, -0.25) is 0 Å². The fourth-order valence-corrected chi connectivity index (χ4v) is 8.76. The van der Waals surface area contributed by atoms with Gasteiger partial charge in [-0.25, -0.2) is 9.59 Å². The van der Waals surface area contributed by atoms with Gasteiger partial charge < -0.3 is 9.47 Å². The van der Waals surface area contributed by atoms with Crippen LogP contribution in [0, 0.1) is 32.5 Å². The largest absolute Gasteiger partial charge is 0.458 e. The molecule has 0 saturated heterocycles. The minimum atomic E-state index is -0.396. The van der Waals surface area contributed by atoms with E-state index >= 15 is 0 Å². The fraction of sp³-hybridized carbons (Fsp3) is 0.660. The van der Waals surface area contributed by atoms with Gasteiger partial charge in [-0.2, -0.15) is 0 Å². The van der Waals surface area contributed by atoms with E-state index in [-0.39, 0.29) is 61.3 Å². The Kier molecular flexibility index (Phi) is 11.8. The van der Waals surface area contributed by atoms with Crippen LogP contribution < -0.4 is 0 Å². The van der Waals surface area contributed by atoms with Crippen LogP contribution in [0.5, 0.6) is 0 Å². The van der Waals surface area contributed by atoms with Crippen LogP contribution in [0.25, 0.3) is 0 Å². The predicted octanol–water partition coefficient (Wildman–Crippen LogP) is 12.2. The summed E-state index contributed by atoms with van der Waals surface area (Å²) < 4.78 is 10.4. The maximum atomic E-state index is 11.6. The number of esters is 2. The molecule has 2 aliphatic rings. The molecule has 284 valence electrons. The van der Waals surface area contributed by atoms with E-state index in [1.807, 2.05) is 12.2 Å². The molecule has 1 aromatic rings. The van der Waals surface area contributed by atoms with Crippen molar-refractivity contribution in [2.24, 2.45) is 32.5 Å². The molecule has 2 saturated carbocycles. The van der Waals surface area contributed by atoms with Crippen molar-refractivity contribution in [1.29, 1.82) is 0 Å². The summed E-state index contributed by atoms with van der Waals surface area (Å²) in [6, 6.07) is 7.59. The Bertz CT molecular complexity index is 1540. The average molecular weight is 701 g/mol. The number of hydrogen-bond donors (Lipinski definition) is 0. The van der Waals surface area contributed by atoms with E-state index in [1.165, 1.54) is 48.1 Å². The third-order valence-electron chi connectivity index (χ3n) is 14.6. The van der Waals surface area contributed by atoms with E-state index in [0.29, 0.717) is 6.61 Å². The Morgan fingerprint density at radius 2 is 1.22 bits per heavy atom. The first-order valence-electron chi connectivity index (χ1n) is 19.1. The summed E-state index contributed by atoms with van der Waals surface area (Å²) in [5, 5.41) is 0. The Hall–Kier alpha value is -2.88. The predicted molar refractivity (Wildman–Crippen MR) is 215 cm³/mol. The monoisotopic (exact) mass is 701 g/mol. The number of rotatable bonds is 17. The van der Waals surface area contributed by atoms with Gasteiger partial charge in [0.2, 0.25) is 0 Å². The lowest BCUT2D eigenvalue weighted by Crippen LogP contribution is -2.44. The van der Waals surface area contributed by atoms with E-state index in [2.05, 4.69) is 147 Å². The van der Waals surface area contributed by atoms with Crippen LogP contribution in [0.4, 0.5) is 0 Å². The summed E-state index contributed by atoms with van der Waals surface area (Å²) in [5.41, 5.74) is 4.96. The van der Waals surface area contributed by atoms with Gasteiger partial charge in [0, 0.05) is 12.2 Å². The smallest absolute Gasteiger partial charge is 0.330 e. The second-order valence-electron chi connectivity index (χ2n) is 20.6. The van der Waals surface area contributed by atoms with Crippen LogP contribution in [-0.4, -0.2) is 25.2 Å².